The number of primary amides is 1. The molecule has 0 bridgehead atoms. The van der Waals surface area contributed by atoms with Crippen LogP contribution in [0.4, 0.5) is 11.9 Å². The molecule has 0 radical (unpaired) electrons. The van der Waals surface area contributed by atoms with E-state index in [0.29, 0.717) is 60.2 Å². The molecule has 272 valence electrons. The second kappa shape index (κ2) is 14.9. The zero-order valence-corrected chi connectivity index (χ0v) is 29.5. The largest absolute Gasteiger partial charge is 0.466 e. The van der Waals surface area contributed by atoms with Crippen LogP contribution in [0.5, 0.6) is 0 Å². The lowest BCUT2D eigenvalue weighted by atomic mass is 10.1. The average Bonchev–Trinajstić information content (AvgIpc) is 3.79. The van der Waals surface area contributed by atoms with Crippen molar-refractivity contribution >= 4 is 57.4 Å². The Hall–Kier alpha value is -6.96. The molecule has 3 amide bonds. The normalized spacial score (nSPS) is 12.9. The molecule has 0 saturated carbocycles. The minimum atomic E-state index is -0.441. The maximum absolute atomic E-state index is 13.2. The molecule has 54 heavy (non-hydrogen) atoms. The number of carbonyl (C=O) groups is 4. The number of anilines is 2. The summed E-state index contributed by atoms with van der Waals surface area (Å²) in [5, 5.41) is 1.15. The lowest BCUT2D eigenvalue weighted by molar-refractivity contribution is -0.142. The maximum Gasteiger partial charge on any atom is 0.310 e. The van der Waals surface area contributed by atoms with E-state index < -0.39 is 5.91 Å². The second-order valence-corrected chi connectivity index (χ2v) is 13.0. The van der Waals surface area contributed by atoms with E-state index in [1.165, 1.54) is 0 Å². The molecule has 0 unspecified atom stereocenters. The topological polar surface area (TPSA) is 214 Å². The molecule has 0 atom stereocenters. The minimum Gasteiger partial charge on any atom is -0.466 e. The lowest BCUT2D eigenvalue weighted by Gasteiger charge is -2.16. The van der Waals surface area contributed by atoms with Gasteiger partial charge in [0.2, 0.25) is 17.8 Å². The molecule has 0 aliphatic carbocycles. The quantitative estimate of drug-likeness (QED) is 0.201. The third-order valence-corrected chi connectivity index (χ3v) is 9.25. The molecule has 2 aliphatic heterocycles. The molecule has 0 saturated heterocycles. The number of nitrogens with zero attached hydrogens (tertiary/aromatic N) is 6. The molecular formula is C40H37N9O5. The maximum atomic E-state index is 13.2. The van der Waals surface area contributed by atoms with Gasteiger partial charge in [-0.15, -0.1) is 0 Å². The van der Waals surface area contributed by atoms with Crippen LogP contribution >= 0.6 is 0 Å². The summed E-state index contributed by atoms with van der Waals surface area (Å²) in [6.07, 6.45) is 0.208. The van der Waals surface area contributed by atoms with E-state index in [1.807, 2.05) is 48.5 Å². The number of carbonyl (C=O) groups excluding carboxylic acids is 4. The van der Waals surface area contributed by atoms with E-state index in [4.69, 9.17) is 21.9 Å². The first kappa shape index (κ1) is 35.4. The first-order valence-electron chi connectivity index (χ1n) is 17.3. The number of nitrogen functional groups attached to an aromatic ring is 2. The van der Waals surface area contributed by atoms with Gasteiger partial charge in [0.15, 0.2) is 0 Å². The van der Waals surface area contributed by atoms with Crippen molar-refractivity contribution in [2.45, 2.75) is 45.9 Å². The van der Waals surface area contributed by atoms with Crippen molar-refractivity contribution < 1.29 is 23.9 Å². The highest BCUT2D eigenvalue weighted by Gasteiger charge is 2.28. The summed E-state index contributed by atoms with van der Waals surface area (Å²) < 4.78 is 5.01. The zero-order chi connectivity index (χ0) is 37.9. The van der Waals surface area contributed by atoms with Crippen LogP contribution in [0.2, 0.25) is 0 Å². The van der Waals surface area contributed by atoms with Gasteiger partial charge in [0, 0.05) is 37.0 Å². The van der Waals surface area contributed by atoms with E-state index >= 15 is 0 Å². The summed E-state index contributed by atoms with van der Waals surface area (Å²) in [6.45, 7) is 4.21. The molecule has 14 nitrogen and oxygen atoms in total. The molecule has 2 aromatic heterocycles. The summed E-state index contributed by atoms with van der Waals surface area (Å²) in [5.74, 6) is -1.09. The Bertz CT molecular complexity index is 2420. The summed E-state index contributed by atoms with van der Waals surface area (Å²) in [4.78, 5) is 69.6. The van der Waals surface area contributed by atoms with Crippen LogP contribution in [0.1, 0.15) is 61.3 Å². The number of nitrogens with two attached hydrogens (primary N) is 3. The summed E-state index contributed by atoms with van der Waals surface area (Å²) in [5.41, 5.74) is 24.5. The van der Waals surface area contributed by atoms with E-state index in [0.717, 1.165) is 27.8 Å². The molecule has 14 heteroatoms. The predicted molar refractivity (Wildman–Crippen MR) is 201 cm³/mol. The number of amides is 3. The Morgan fingerprint density at radius 2 is 1.02 bits per heavy atom. The van der Waals surface area contributed by atoms with Crippen LogP contribution < -0.4 is 17.2 Å². The number of fused-ring (bicyclic) bond motifs is 4. The lowest BCUT2D eigenvalue weighted by Crippen LogP contribution is -2.27. The van der Waals surface area contributed by atoms with Gasteiger partial charge in [0.1, 0.15) is 11.4 Å². The van der Waals surface area contributed by atoms with Crippen LogP contribution in [0.15, 0.2) is 84.9 Å². The Labute approximate surface area is 310 Å². The molecule has 2 aliphatic rings. The monoisotopic (exact) mass is 723 g/mol. The number of hydrogen-bond acceptors (Lipinski definition) is 11. The molecule has 0 spiro atoms. The highest BCUT2D eigenvalue weighted by molar-refractivity contribution is 6.06. The van der Waals surface area contributed by atoms with Crippen molar-refractivity contribution in [1.29, 1.82) is 0 Å². The van der Waals surface area contributed by atoms with Crippen molar-refractivity contribution in [3.05, 3.63) is 130 Å². The number of benzene rings is 4. The molecule has 6 aromatic rings. The number of hydrogen-bond donors (Lipinski definition) is 3. The van der Waals surface area contributed by atoms with Crippen molar-refractivity contribution in [2.24, 2.45) is 5.73 Å². The summed E-state index contributed by atoms with van der Waals surface area (Å²) in [6, 6.07) is 26.4. The van der Waals surface area contributed by atoms with Crippen molar-refractivity contribution in [3.63, 3.8) is 0 Å². The molecular weight excluding hydrogens is 686 g/mol. The highest BCUT2D eigenvalue weighted by atomic mass is 16.5. The third-order valence-electron chi connectivity index (χ3n) is 9.25. The minimum absolute atomic E-state index is 0.0419. The van der Waals surface area contributed by atoms with E-state index in [9.17, 15) is 19.2 Å². The molecule has 4 heterocycles. The van der Waals surface area contributed by atoms with Gasteiger partial charge in [-0.25, -0.2) is 19.9 Å². The number of aromatic nitrogens is 4. The van der Waals surface area contributed by atoms with Crippen LogP contribution in [0.25, 0.3) is 21.8 Å². The van der Waals surface area contributed by atoms with Crippen molar-refractivity contribution in [3.8, 4) is 0 Å². The van der Waals surface area contributed by atoms with Gasteiger partial charge in [0.25, 0.3) is 11.8 Å². The Morgan fingerprint density at radius 3 is 1.41 bits per heavy atom. The second-order valence-electron chi connectivity index (χ2n) is 13.0. The fourth-order valence-corrected chi connectivity index (χ4v) is 6.77. The molecule has 0 fully saturated rings. The highest BCUT2D eigenvalue weighted by Crippen LogP contribution is 2.28. The van der Waals surface area contributed by atoms with Crippen LogP contribution in [0.3, 0.4) is 0 Å². The molecule has 6 N–H and O–H groups in total. The van der Waals surface area contributed by atoms with Gasteiger partial charge in [-0.3, -0.25) is 19.2 Å². The standard InChI is InChI=1S/C21H20N4O3.C19H17N5O2/c1-2-28-18(26)10-13-7-8-17-16(9-13)19(24-21(22)23-17)20(27)25-11-14-5-3-4-6-15(14)12-25;20-16(25)8-11-5-6-15-14(7-11)17(23-19(21)22-15)18(26)24-9-12-3-1-2-4-13(12)10-24/h3-9H,2,10-12H2,1H3,(H2,22,23,24);1-7H,8-10H2,(H2,20,25)(H2,21,22,23). The van der Waals surface area contributed by atoms with Gasteiger partial charge >= 0.3 is 5.97 Å². The number of rotatable bonds is 7. The van der Waals surface area contributed by atoms with Gasteiger partial charge in [-0.05, 0) is 64.6 Å². The smallest absolute Gasteiger partial charge is 0.310 e. The third kappa shape index (κ3) is 7.48. The summed E-state index contributed by atoms with van der Waals surface area (Å²) in [7, 11) is 0. The fourth-order valence-electron chi connectivity index (χ4n) is 6.77. The van der Waals surface area contributed by atoms with Gasteiger partial charge in [-0.2, -0.15) is 0 Å². The Morgan fingerprint density at radius 1 is 0.611 bits per heavy atom. The van der Waals surface area contributed by atoms with Gasteiger partial charge in [0.05, 0.1) is 30.5 Å². The zero-order valence-electron chi connectivity index (χ0n) is 29.5. The Balaban J connectivity index is 0.000000167. The van der Waals surface area contributed by atoms with E-state index in [-0.39, 0.29) is 53.9 Å². The Kier molecular flexibility index (Phi) is 9.81. The van der Waals surface area contributed by atoms with Crippen molar-refractivity contribution in [2.75, 3.05) is 18.1 Å². The predicted octanol–water partition coefficient (Wildman–Crippen LogP) is 3.87. The van der Waals surface area contributed by atoms with E-state index in [1.54, 1.807) is 53.1 Å². The first-order chi connectivity index (χ1) is 26.1. The van der Waals surface area contributed by atoms with Gasteiger partial charge in [-0.1, -0.05) is 60.7 Å². The number of ether oxygens (including phenoxy) is 1. The first-order valence-corrected chi connectivity index (χ1v) is 17.3. The van der Waals surface area contributed by atoms with Crippen molar-refractivity contribution in [1.82, 2.24) is 29.7 Å². The number of esters is 1. The SMILES string of the molecule is CCOC(=O)Cc1ccc2nc(N)nc(C(=O)N3Cc4ccccc4C3)c2c1.NC(=O)Cc1ccc2nc(N)nc(C(=O)N3Cc4ccccc4C3)c2c1. The molecule has 8 rings (SSSR count). The van der Waals surface area contributed by atoms with Crippen LogP contribution in [0, 0.1) is 0 Å². The van der Waals surface area contributed by atoms with Gasteiger partial charge < -0.3 is 31.7 Å². The van der Waals surface area contributed by atoms with E-state index in [2.05, 4.69) is 19.9 Å². The molecule has 4 aromatic carbocycles. The summed E-state index contributed by atoms with van der Waals surface area (Å²) >= 11 is 0. The average molecular weight is 724 g/mol. The fraction of sp³-hybridized carbons (Fsp3) is 0.200. The van der Waals surface area contributed by atoms with Crippen LogP contribution in [-0.4, -0.2) is 60.0 Å². The van der Waals surface area contributed by atoms with Crippen LogP contribution in [-0.2, 0) is 53.3 Å².